The molecular weight excluding hydrogens is 290 g/mol. The fourth-order valence-electron chi connectivity index (χ4n) is 3.15. The van der Waals surface area contributed by atoms with Crippen LogP contribution in [0.25, 0.3) is 0 Å². The number of amides is 1. The second kappa shape index (κ2) is 6.38. The Balaban J connectivity index is 0.00000161. The minimum atomic E-state index is -0.353. The van der Waals surface area contributed by atoms with Crippen molar-refractivity contribution >= 4 is 18.3 Å². The number of aromatic nitrogens is 1. The van der Waals surface area contributed by atoms with Crippen molar-refractivity contribution in [1.29, 1.82) is 0 Å². The van der Waals surface area contributed by atoms with Crippen LogP contribution >= 0.6 is 12.4 Å². The third-order valence-electron chi connectivity index (χ3n) is 4.47. The lowest BCUT2D eigenvalue weighted by molar-refractivity contribution is 0.0926. The summed E-state index contributed by atoms with van der Waals surface area (Å²) in [4.78, 5) is 12.3. The van der Waals surface area contributed by atoms with Gasteiger partial charge in [0.2, 0.25) is 0 Å². The van der Waals surface area contributed by atoms with Gasteiger partial charge in [0.15, 0.2) is 0 Å². The van der Waals surface area contributed by atoms with E-state index >= 15 is 0 Å². The number of aryl methyl sites for hydroxylation is 1. The molecular formula is C15H24ClN3O2. The van der Waals surface area contributed by atoms with Crippen LogP contribution in [-0.4, -0.2) is 41.3 Å². The van der Waals surface area contributed by atoms with Gasteiger partial charge >= 0.3 is 0 Å². The number of hydrogen-bond acceptors (Lipinski definition) is 3. The van der Waals surface area contributed by atoms with Crippen LogP contribution in [0.1, 0.15) is 40.6 Å². The largest absolute Gasteiger partial charge is 0.391 e. The molecule has 21 heavy (non-hydrogen) atoms. The van der Waals surface area contributed by atoms with Gasteiger partial charge in [-0.15, -0.1) is 12.4 Å². The molecule has 118 valence electrons. The van der Waals surface area contributed by atoms with Crippen LogP contribution in [0.15, 0.2) is 6.07 Å². The molecule has 1 amide bonds. The normalized spacial score (nSPS) is 24.7. The summed E-state index contributed by atoms with van der Waals surface area (Å²) in [5.74, 6) is 0.0926. The molecule has 0 spiro atoms. The summed E-state index contributed by atoms with van der Waals surface area (Å²) >= 11 is 0. The summed E-state index contributed by atoms with van der Waals surface area (Å²) in [7, 11) is 0. The summed E-state index contributed by atoms with van der Waals surface area (Å²) in [5, 5.41) is 15.8. The Bertz CT molecular complexity index is 525. The van der Waals surface area contributed by atoms with Gasteiger partial charge < -0.3 is 20.3 Å². The van der Waals surface area contributed by atoms with Crippen LogP contribution in [0, 0.1) is 19.8 Å². The molecule has 5 nitrogen and oxygen atoms in total. The summed E-state index contributed by atoms with van der Waals surface area (Å²) in [6, 6.07) is 2.57. The topological polar surface area (TPSA) is 66.3 Å². The van der Waals surface area contributed by atoms with Crippen LogP contribution in [0.2, 0.25) is 0 Å². The Kier molecular flexibility index (Phi) is 4.96. The minimum Gasteiger partial charge on any atom is -0.391 e. The van der Waals surface area contributed by atoms with Gasteiger partial charge in [0, 0.05) is 43.0 Å². The third-order valence-corrected chi connectivity index (χ3v) is 4.47. The predicted octanol–water partition coefficient (Wildman–Crippen LogP) is 1.17. The lowest BCUT2D eigenvalue weighted by atomic mass is 10.1. The van der Waals surface area contributed by atoms with E-state index in [2.05, 4.69) is 22.1 Å². The molecule has 2 unspecified atom stereocenters. The van der Waals surface area contributed by atoms with Gasteiger partial charge in [-0.1, -0.05) is 0 Å². The minimum absolute atomic E-state index is 0. The first-order chi connectivity index (χ1) is 9.58. The molecule has 0 bridgehead atoms. The van der Waals surface area contributed by atoms with E-state index in [4.69, 9.17) is 0 Å². The average molecular weight is 314 g/mol. The van der Waals surface area contributed by atoms with Gasteiger partial charge in [0.05, 0.1) is 11.7 Å². The number of nitrogens with one attached hydrogen (secondary N) is 2. The highest BCUT2D eigenvalue weighted by molar-refractivity contribution is 5.95. The van der Waals surface area contributed by atoms with Gasteiger partial charge in [-0.2, -0.15) is 0 Å². The Morgan fingerprint density at radius 1 is 1.43 bits per heavy atom. The number of nitrogens with zero attached hydrogens (tertiary/aromatic N) is 1. The van der Waals surface area contributed by atoms with Crippen LogP contribution in [0.4, 0.5) is 0 Å². The first kappa shape index (κ1) is 16.3. The van der Waals surface area contributed by atoms with E-state index in [0.29, 0.717) is 19.1 Å². The molecule has 2 heterocycles. The first-order valence-corrected chi connectivity index (χ1v) is 7.43. The van der Waals surface area contributed by atoms with Crippen LogP contribution in [-0.2, 0) is 0 Å². The fourth-order valence-corrected chi connectivity index (χ4v) is 3.15. The van der Waals surface area contributed by atoms with E-state index in [-0.39, 0.29) is 30.3 Å². The number of carbonyl (C=O) groups is 1. The molecule has 2 aliphatic rings. The quantitative estimate of drug-likeness (QED) is 0.782. The number of β-amino-alcohol motifs (C(OH)–C–C–N with tert-alkyl or cyclic N) is 1. The summed E-state index contributed by atoms with van der Waals surface area (Å²) in [6.07, 6.45) is 2.09. The Hall–Kier alpha value is -1.04. The van der Waals surface area contributed by atoms with Gasteiger partial charge in [-0.05, 0) is 32.8 Å². The number of aliphatic hydroxyl groups excluding tert-OH is 1. The van der Waals surface area contributed by atoms with E-state index < -0.39 is 0 Å². The second-order valence-electron chi connectivity index (χ2n) is 6.08. The van der Waals surface area contributed by atoms with Gasteiger partial charge in [-0.25, -0.2) is 0 Å². The molecule has 2 fully saturated rings. The summed E-state index contributed by atoms with van der Waals surface area (Å²) in [6.45, 7) is 6.00. The van der Waals surface area contributed by atoms with E-state index in [9.17, 15) is 9.90 Å². The lowest BCUT2D eigenvalue weighted by Gasteiger charge is -2.14. The highest BCUT2D eigenvalue weighted by atomic mass is 35.5. The standard InChI is InChI=1S/C15H23N3O2.ClH/c1-9-5-13(10(2)18(9)12-3-4-12)15(20)17-7-11-6-16-8-14(11)19;/h5,11-12,14,16,19H,3-4,6-8H2,1-2H3,(H,17,20);1H. The Morgan fingerprint density at radius 2 is 2.14 bits per heavy atom. The molecule has 0 aromatic carbocycles. The molecule has 2 atom stereocenters. The van der Waals surface area contributed by atoms with E-state index in [1.807, 2.05) is 13.0 Å². The van der Waals surface area contributed by atoms with Crippen molar-refractivity contribution < 1.29 is 9.90 Å². The lowest BCUT2D eigenvalue weighted by Crippen LogP contribution is -2.34. The third kappa shape index (κ3) is 3.25. The fraction of sp³-hybridized carbons (Fsp3) is 0.667. The van der Waals surface area contributed by atoms with Crippen molar-refractivity contribution in [1.82, 2.24) is 15.2 Å². The number of aliphatic hydroxyl groups is 1. The SMILES string of the molecule is Cc1cc(C(=O)NCC2CNCC2O)c(C)n1C1CC1.Cl. The number of halogens is 1. The van der Waals surface area contributed by atoms with Crippen LogP contribution < -0.4 is 10.6 Å². The average Bonchev–Trinajstić information content (AvgIpc) is 3.08. The molecule has 1 aliphatic heterocycles. The maximum atomic E-state index is 12.3. The Labute approximate surface area is 131 Å². The second-order valence-corrected chi connectivity index (χ2v) is 6.08. The zero-order chi connectivity index (χ0) is 14.3. The molecule has 3 rings (SSSR count). The van der Waals surface area contributed by atoms with Gasteiger partial charge in [0.1, 0.15) is 0 Å². The molecule has 1 saturated carbocycles. The summed E-state index contributed by atoms with van der Waals surface area (Å²) in [5.41, 5.74) is 3.00. The van der Waals surface area contributed by atoms with Crippen LogP contribution in [0.3, 0.4) is 0 Å². The smallest absolute Gasteiger partial charge is 0.253 e. The summed E-state index contributed by atoms with van der Waals surface area (Å²) < 4.78 is 2.28. The van der Waals surface area contributed by atoms with Crippen molar-refractivity contribution in [3.63, 3.8) is 0 Å². The molecule has 3 N–H and O–H groups in total. The van der Waals surface area contributed by atoms with E-state index in [1.165, 1.54) is 12.8 Å². The van der Waals surface area contributed by atoms with Crippen molar-refractivity contribution in [2.24, 2.45) is 5.92 Å². The van der Waals surface area contributed by atoms with Crippen LogP contribution in [0.5, 0.6) is 0 Å². The van der Waals surface area contributed by atoms with Gasteiger partial charge in [0.25, 0.3) is 5.91 Å². The number of rotatable bonds is 4. The highest BCUT2D eigenvalue weighted by Crippen LogP contribution is 2.38. The van der Waals surface area contributed by atoms with E-state index in [1.54, 1.807) is 0 Å². The van der Waals surface area contributed by atoms with Crippen molar-refractivity contribution in [2.45, 2.75) is 38.8 Å². The number of hydrogen-bond donors (Lipinski definition) is 3. The first-order valence-electron chi connectivity index (χ1n) is 7.43. The molecule has 1 aromatic rings. The zero-order valence-electron chi connectivity index (χ0n) is 12.6. The molecule has 0 radical (unpaired) electrons. The molecule has 1 aromatic heterocycles. The van der Waals surface area contributed by atoms with E-state index in [0.717, 1.165) is 23.5 Å². The number of carbonyl (C=O) groups excluding carboxylic acids is 1. The van der Waals surface area contributed by atoms with Crippen molar-refractivity contribution in [3.05, 3.63) is 23.0 Å². The molecule has 6 heteroatoms. The Morgan fingerprint density at radius 3 is 2.71 bits per heavy atom. The molecule has 1 aliphatic carbocycles. The predicted molar refractivity (Wildman–Crippen MR) is 84.1 cm³/mol. The van der Waals surface area contributed by atoms with Crippen molar-refractivity contribution in [2.75, 3.05) is 19.6 Å². The van der Waals surface area contributed by atoms with Crippen molar-refractivity contribution in [3.8, 4) is 0 Å². The zero-order valence-corrected chi connectivity index (χ0v) is 13.4. The monoisotopic (exact) mass is 313 g/mol. The maximum absolute atomic E-state index is 12.3. The highest BCUT2D eigenvalue weighted by Gasteiger charge is 2.29. The van der Waals surface area contributed by atoms with Gasteiger partial charge in [-0.3, -0.25) is 4.79 Å². The molecule has 1 saturated heterocycles. The maximum Gasteiger partial charge on any atom is 0.253 e.